The summed E-state index contributed by atoms with van der Waals surface area (Å²) in [7, 11) is -1.85. The molecule has 3 aromatic rings. The Hall–Kier alpha value is -2.22. The molecule has 1 fully saturated rings. The molecule has 1 aliphatic rings. The second-order valence-electron chi connectivity index (χ2n) is 7.07. The van der Waals surface area contributed by atoms with Crippen LogP contribution in [0.3, 0.4) is 0 Å². The van der Waals surface area contributed by atoms with Gasteiger partial charge in [-0.15, -0.1) is 10.2 Å². The molecule has 6 nitrogen and oxygen atoms in total. The van der Waals surface area contributed by atoms with E-state index in [2.05, 4.69) is 14.9 Å². The highest BCUT2D eigenvalue weighted by Gasteiger charge is 2.32. The molecule has 8 heteroatoms. The van der Waals surface area contributed by atoms with Gasteiger partial charge in [0, 0.05) is 18.0 Å². The fraction of sp³-hybridized carbons (Fsp3) is 0.300. The summed E-state index contributed by atoms with van der Waals surface area (Å²) in [5, 5.41) is 9.13. The van der Waals surface area contributed by atoms with Gasteiger partial charge in [0.05, 0.1) is 10.9 Å². The molecule has 0 amide bonds. The third kappa shape index (κ3) is 4.11. The Morgan fingerprint density at radius 1 is 1.11 bits per heavy atom. The van der Waals surface area contributed by atoms with E-state index in [4.69, 9.17) is 11.6 Å². The largest absolute Gasteiger partial charge is 0.317 e. The maximum absolute atomic E-state index is 13.0. The molecule has 1 atom stereocenters. The van der Waals surface area contributed by atoms with E-state index >= 15 is 0 Å². The van der Waals surface area contributed by atoms with Crippen LogP contribution < -0.4 is 4.72 Å². The van der Waals surface area contributed by atoms with Crippen LogP contribution in [-0.4, -0.2) is 23.2 Å². The molecule has 0 spiro atoms. The molecule has 4 rings (SSSR count). The molecule has 28 heavy (non-hydrogen) atoms. The lowest BCUT2D eigenvalue weighted by Crippen LogP contribution is -2.32. The highest BCUT2D eigenvalue weighted by Crippen LogP contribution is 2.39. The molecule has 1 saturated carbocycles. The second kappa shape index (κ2) is 7.66. The summed E-state index contributed by atoms with van der Waals surface area (Å²) in [4.78, 5) is 0.166. The maximum atomic E-state index is 13.0. The highest BCUT2D eigenvalue weighted by atomic mass is 35.5. The van der Waals surface area contributed by atoms with E-state index in [1.54, 1.807) is 12.1 Å². The molecule has 1 aromatic heterocycles. The van der Waals surface area contributed by atoms with Gasteiger partial charge in [-0.1, -0.05) is 41.9 Å². The Kier molecular flexibility index (Phi) is 5.23. The maximum Gasteiger partial charge on any atom is 0.241 e. The van der Waals surface area contributed by atoms with E-state index in [1.807, 2.05) is 41.9 Å². The van der Waals surface area contributed by atoms with E-state index in [1.165, 1.54) is 12.1 Å². The van der Waals surface area contributed by atoms with Crippen LogP contribution in [-0.2, 0) is 23.5 Å². The van der Waals surface area contributed by atoms with Crippen molar-refractivity contribution in [3.05, 3.63) is 76.8 Å². The van der Waals surface area contributed by atoms with Gasteiger partial charge in [0.2, 0.25) is 10.0 Å². The number of aromatic nitrogens is 3. The number of halogens is 1. The van der Waals surface area contributed by atoms with E-state index in [0.717, 1.165) is 24.2 Å². The van der Waals surface area contributed by atoms with E-state index in [-0.39, 0.29) is 4.90 Å². The number of hydrogen-bond acceptors (Lipinski definition) is 4. The van der Waals surface area contributed by atoms with Crippen LogP contribution in [0.4, 0.5) is 0 Å². The molecule has 1 N–H and O–H groups in total. The zero-order valence-corrected chi connectivity index (χ0v) is 17.0. The van der Waals surface area contributed by atoms with Crippen LogP contribution >= 0.6 is 11.6 Å². The minimum atomic E-state index is -3.75. The summed E-state index contributed by atoms with van der Waals surface area (Å²) >= 11 is 5.89. The van der Waals surface area contributed by atoms with Crippen LogP contribution in [0.2, 0.25) is 5.02 Å². The number of nitrogens with zero attached hydrogens (tertiary/aromatic N) is 3. The highest BCUT2D eigenvalue weighted by molar-refractivity contribution is 7.89. The number of hydrogen-bond donors (Lipinski definition) is 1. The summed E-state index contributed by atoms with van der Waals surface area (Å²) in [6, 6.07) is 15.3. The Morgan fingerprint density at radius 2 is 1.79 bits per heavy atom. The monoisotopic (exact) mass is 416 g/mol. The van der Waals surface area contributed by atoms with Gasteiger partial charge in [0.15, 0.2) is 5.82 Å². The van der Waals surface area contributed by atoms with Crippen LogP contribution in [0.25, 0.3) is 0 Å². The Bertz CT molecular complexity index is 1060. The topological polar surface area (TPSA) is 76.9 Å². The minimum absolute atomic E-state index is 0.166. The van der Waals surface area contributed by atoms with Crippen molar-refractivity contribution in [1.29, 1.82) is 0 Å². The Labute approximate surface area is 169 Å². The van der Waals surface area contributed by atoms with Gasteiger partial charge >= 0.3 is 0 Å². The third-order valence-corrected chi connectivity index (χ3v) is 6.64. The number of sulfonamides is 1. The third-order valence-electron chi connectivity index (χ3n) is 4.90. The number of nitrogens with one attached hydrogen (secondary N) is 1. The van der Waals surface area contributed by atoms with Gasteiger partial charge in [-0.05, 0) is 49.1 Å². The van der Waals surface area contributed by atoms with Crippen molar-refractivity contribution in [3.63, 3.8) is 0 Å². The van der Waals surface area contributed by atoms with Crippen molar-refractivity contribution in [3.8, 4) is 0 Å². The van der Waals surface area contributed by atoms with Gasteiger partial charge in [-0.3, -0.25) is 0 Å². The second-order valence-corrected chi connectivity index (χ2v) is 9.22. The normalized spacial score (nSPS) is 15.5. The van der Waals surface area contributed by atoms with Gasteiger partial charge in [0.1, 0.15) is 5.82 Å². The van der Waals surface area contributed by atoms with Crippen LogP contribution in [0.1, 0.15) is 42.0 Å². The van der Waals surface area contributed by atoms with E-state index in [9.17, 15) is 8.42 Å². The molecule has 0 radical (unpaired) electrons. The molecule has 0 bridgehead atoms. The average molecular weight is 417 g/mol. The number of rotatable bonds is 7. The first kappa shape index (κ1) is 19.1. The van der Waals surface area contributed by atoms with Gasteiger partial charge < -0.3 is 4.57 Å². The van der Waals surface area contributed by atoms with Crippen molar-refractivity contribution in [2.45, 2.75) is 36.1 Å². The van der Waals surface area contributed by atoms with E-state index in [0.29, 0.717) is 23.2 Å². The minimum Gasteiger partial charge on any atom is -0.317 e. The molecule has 1 heterocycles. The summed E-state index contributed by atoms with van der Waals surface area (Å²) < 4.78 is 30.7. The Morgan fingerprint density at radius 3 is 2.43 bits per heavy atom. The van der Waals surface area contributed by atoms with Gasteiger partial charge in [0.25, 0.3) is 0 Å². The first-order valence-corrected chi connectivity index (χ1v) is 11.0. The van der Waals surface area contributed by atoms with Crippen molar-refractivity contribution in [2.24, 2.45) is 7.05 Å². The van der Waals surface area contributed by atoms with Gasteiger partial charge in [-0.25, -0.2) is 13.1 Å². The van der Waals surface area contributed by atoms with Crippen LogP contribution in [0, 0.1) is 0 Å². The average Bonchev–Trinajstić information content (AvgIpc) is 3.44. The molecule has 1 aliphatic carbocycles. The fourth-order valence-electron chi connectivity index (χ4n) is 3.26. The van der Waals surface area contributed by atoms with Crippen molar-refractivity contribution in [1.82, 2.24) is 19.5 Å². The first-order valence-electron chi connectivity index (χ1n) is 9.15. The standard InChI is InChI=1S/C20H21ClN4O2S/c1-25-19(15-7-8-15)22-23-20(25)18(13-14-5-3-2-4-6-14)24-28(26,27)17-11-9-16(21)10-12-17/h2-6,9-12,15,18,24H,7-8,13H2,1H3. The molecule has 146 valence electrons. The van der Waals surface area contributed by atoms with Crippen molar-refractivity contribution < 1.29 is 8.42 Å². The smallest absolute Gasteiger partial charge is 0.241 e. The zero-order chi connectivity index (χ0) is 19.7. The van der Waals surface area contributed by atoms with Crippen molar-refractivity contribution in [2.75, 3.05) is 0 Å². The summed E-state index contributed by atoms with van der Waals surface area (Å²) in [6.45, 7) is 0. The Balaban J connectivity index is 1.67. The quantitative estimate of drug-likeness (QED) is 0.638. The summed E-state index contributed by atoms with van der Waals surface area (Å²) in [6.07, 6.45) is 2.68. The molecule has 1 unspecified atom stereocenters. The molecule has 0 saturated heterocycles. The predicted octanol–water partition coefficient (Wildman–Crippen LogP) is 3.61. The molecule has 0 aliphatic heterocycles. The molecular formula is C20H21ClN4O2S. The summed E-state index contributed by atoms with van der Waals surface area (Å²) in [5.41, 5.74) is 1.02. The van der Waals surface area contributed by atoms with E-state index < -0.39 is 16.1 Å². The molecular weight excluding hydrogens is 396 g/mol. The summed E-state index contributed by atoms with van der Waals surface area (Å²) in [5.74, 6) is 1.96. The van der Waals surface area contributed by atoms with Crippen LogP contribution in [0.15, 0.2) is 59.5 Å². The zero-order valence-electron chi connectivity index (χ0n) is 15.4. The van der Waals surface area contributed by atoms with Gasteiger partial charge in [-0.2, -0.15) is 0 Å². The molecule has 2 aromatic carbocycles. The first-order chi connectivity index (χ1) is 13.4. The predicted molar refractivity (Wildman–Crippen MR) is 108 cm³/mol. The lowest BCUT2D eigenvalue weighted by atomic mass is 10.1. The fourth-order valence-corrected chi connectivity index (χ4v) is 4.58. The lowest BCUT2D eigenvalue weighted by Gasteiger charge is -2.19. The lowest BCUT2D eigenvalue weighted by molar-refractivity contribution is 0.531. The SMILES string of the molecule is Cn1c(C2CC2)nnc1C(Cc1ccccc1)NS(=O)(=O)c1ccc(Cl)cc1. The van der Waals surface area contributed by atoms with Crippen LogP contribution in [0.5, 0.6) is 0 Å². The van der Waals surface area contributed by atoms with Crippen molar-refractivity contribution >= 4 is 21.6 Å². The number of benzene rings is 2.